The van der Waals surface area contributed by atoms with E-state index in [0.29, 0.717) is 12.0 Å². The van der Waals surface area contributed by atoms with Gasteiger partial charge in [-0.3, -0.25) is 4.79 Å². The first-order valence-corrected chi connectivity index (χ1v) is 6.47. The van der Waals surface area contributed by atoms with Crippen LogP contribution in [0, 0.1) is 5.41 Å². The van der Waals surface area contributed by atoms with Crippen molar-refractivity contribution in [3.63, 3.8) is 0 Å². The van der Waals surface area contributed by atoms with Crippen molar-refractivity contribution in [3.8, 4) is 0 Å². The number of nitrogens with two attached hydrogens (primary N) is 1. The highest BCUT2D eigenvalue weighted by atomic mass is 32.1. The molecule has 0 aliphatic heterocycles. The van der Waals surface area contributed by atoms with E-state index in [4.69, 9.17) is 18.0 Å². The summed E-state index contributed by atoms with van der Waals surface area (Å²) in [5.74, 6) is 0.0969. The predicted octanol–water partition coefficient (Wildman–Crippen LogP) is 2.55. The van der Waals surface area contributed by atoms with E-state index in [-0.39, 0.29) is 10.9 Å². The average molecular weight is 272 g/mol. The van der Waals surface area contributed by atoms with Gasteiger partial charge in [-0.25, -0.2) is 0 Å². The Morgan fingerprint density at radius 2 is 2.05 bits per heavy atom. The van der Waals surface area contributed by atoms with Crippen molar-refractivity contribution >= 4 is 23.1 Å². The lowest BCUT2D eigenvalue weighted by atomic mass is 9.76. The smallest absolute Gasteiger partial charge is 0.172 e. The Morgan fingerprint density at radius 1 is 1.37 bits per heavy atom. The van der Waals surface area contributed by atoms with Crippen LogP contribution in [-0.4, -0.2) is 10.9 Å². The van der Waals surface area contributed by atoms with Crippen molar-refractivity contribution in [1.29, 1.82) is 0 Å². The molecule has 4 heteroatoms. The average Bonchev–Trinajstić information content (AvgIpc) is 2.38. The fraction of sp³-hybridized carbons (Fsp3) is 0.200. The largest absolute Gasteiger partial charge is 0.376 e. The number of benzene rings is 1. The molecule has 0 fully saturated rings. The van der Waals surface area contributed by atoms with Crippen LogP contribution in [0.5, 0.6) is 0 Å². The molecule has 1 atom stereocenters. The summed E-state index contributed by atoms with van der Waals surface area (Å²) < 4.78 is 0. The third kappa shape index (κ3) is 3.09. The number of carbonyl (C=O) groups is 1. The molecule has 1 aliphatic carbocycles. The molecule has 1 aromatic rings. The lowest BCUT2D eigenvalue weighted by Crippen LogP contribution is -2.35. The Labute approximate surface area is 118 Å². The molecule has 3 nitrogen and oxygen atoms in total. The summed E-state index contributed by atoms with van der Waals surface area (Å²) in [6.45, 7) is 1.92. The standard InChI is InChI=1S/C15H16N2OS/c1-15(13(18)11-6-3-2-4-7-11)9-5-8-12(10-15)17-14(16)19/h2-9H,10H2,1H3,(H3,16,17,19). The lowest BCUT2D eigenvalue weighted by molar-refractivity contribution is 0.0866. The van der Waals surface area contributed by atoms with Crippen LogP contribution in [-0.2, 0) is 0 Å². The summed E-state index contributed by atoms with van der Waals surface area (Å²) in [5.41, 5.74) is 6.48. The molecule has 0 saturated carbocycles. The van der Waals surface area contributed by atoms with Gasteiger partial charge in [0.1, 0.15) is 0 Å². The lowest BCUT2D eigenvalue weighted by Gasteiger charge is -2.28. The number of hydrogen-bond donors (Lipinski definition) is 2. The maximum absolute atomic E-state index is 12.6. The number of thiocarbonyl (C=S) groups is 1. The fourth-order valence-corrected chi connectivity index (χ4v) is 2.34. The summed E-state index contributed by atoms with van der Waals surface area (Å²) >= 11 is 4.83. The molecule has 98 valence electrons. The van der Waals surface area contributed by atoms with Crippen molar-refractivity contribution in [2.75, 3.05) is 0 Å². The maximum Gasteiger partial charge on any atom is 0.172 e. The summed E-state index contributed by atoms with van der Waals surface area (Å²) in [4.78, 5) is 12.6. The van der Waals surface area contributed by atoms with Crippen molar-refractivity contribution in [2.24, 2.45) is 11.1 Å². The van der Waals surface area contributed by atoms with Crippen LogP contribution < -0.4 is 11.1 Å². The number of nitrogens with one attached hydrogen (secondary N) is 1. The van der Waals surface area contributed by atoms with Gasteiger partial charge >= 0.3 is 0 Å². The molecule has 0 bridgehead atoms. The molecule has 0 radical (unpaired) electrons. The summed E-state index contributed by atoms with van der Waals surface area (Å²) in [5, 5.41) is 3.13. The minimum absolute atomic E-state index is 0.0969. The van der Waals surface area contributed by atoms with E-state index in [1.807, 2.05) is 55.5 Å². The molecule has 1 aromatic carbocycles. The van der Waals surface area contributed by atoms with Gasteiger partial charge in [-0.15, -0.1) is 0 Å². The quantitative estimate of drug-likeness (QED) is 0.656. The third-order valence-electron chi connectivity index (χ3n) is 3.16. The minimum atomic E-state index is -0.566. The first-order chi connectivity index (χ1) is 9.01. The van der Waals surface area contributed by atoms with Crippen molar-refractivity contribution in [2.45, 2.75) is 13.3 Å². The van der Waals surface area contributed by atoms with E-state index in [9.17, 15) is 4.79 Å². The molecule has 0 aromatic heterocycles. The van der Waals surface area contributed by atoms with Gasteiger partial charge < -0.3 is 11.1 Å². The second kappa shape index (κ2) is 5.36. The first kappa shape index (κ1) is 13.5. The van der Waals surface area contributed by atoms with Crippen molar-refractivity contribution in [3.05, 3.63) is 59.8 Å². The number of hydrogen-bond acceptors (Lipinski definition) is 2. The molecule has 1 unspecified atom stereocenters. The Kier molecular flexibility index (Phi) is 3.81. The van der Waals surface area contributed by atoms with Crippen LogP contribution in [0.4, 0.5) is 0 Å². The Hall–Kier alpha value is -1.94. The Bertz CT molecular complexity index is 563. The fourth-order valence-electron chi connectivity index (χ4n) is 2.21. The van der Waals surface area contributed by atoms with Crippen LogP contribution >= 0.6 is 12.2 Å². The Morgan fingerprint density at radius 3 is 2.68 bits per heavy atom. The summed E-state index contributed by atoms with van der Waals surface area (Å²) in [6, 6.07) is 9.30. The molecule has 0 heterocycles. The summed E-state index contributed by atoms with van der Waals surface area (Å²) in [6.07, 6.45) is 6.24. The molecule has 19 heavy (non-hydrogen) atoms. The third-order valence-corrected chi connectivity index (χ3v) is 3.26. The van der Waals surface area contributed by atoms with Crippen molar-refractivity contribution in [1.82, 2.24) is 5.32 Å². The molecule has 0 saturated heterocycles. The van der Waals surface area contributed by atoms with Gasteiger partial charge in [0.15, 0.2) is 10.9 Å². The van der Waals surface area contributed by atoms with Gasteiger partial charge in [-0.1, -0.05) is 42.5 Å². The Balaban J connectivity index is 2.21. The highest BCUT2D eigenvalue weighted by Crippen LogP contribution is 2.33. The number of carbonyl (C=O) groups excluding carboxylic acids is 1. The van der Waals surface area contributed by atoms with E-state index in [0.717, 1.165) is 5.70 Å². The van der Waals surface area contributed by atoms with Crippen LogP contribution in [0.3, 0.4) is 0 Å². The number of rotatable bonds is 3. The topological polar surface area (TPSA) is 55.1 Å². The van der Waals surface area contributed by atoms with Crippen LogP contribution in [0.25, 0.3) is 0 Å². The number of allylic oxidation sites excluding steroid dienone is 4. The van der Waals surface area contributed by atoms with Crippen molar-refractivity contribution < 1.29 is 4.79 Å². The predicted molar refractivity (Wildman–Crippen MR) is 80.6 cm³/mol. The minimum Gasteiger partial charge on any atom is -0.376 e. The second-order valence-electron chi connectivity index (χ2n) is 4.83. The monoisotopic (exact) mass is 272 g/mol. The number of ketones is 1. The van der Waals surface area contributed by atoms with Gasteiger partial charge in [-0.2, -0.15) is 0 Å². The number of Topliss-reactive ketones (excluding diaryl/α,β-unsaturated/α-hetero) is 1. The van der Waals surface area contributed by atoms with Gasteiger partial charge in [0.05, 0.1) is 5.41 Å². The zero-order valence-corrected chi connectivity index (χ0v) is 11.5. The van der Waals surface area contributed by atoms with Gasteiger partial charge in [0.25, 0.3) is 0 Å². The van der Waals surface area contributed by atoms with E-state index in [1.54, 1.807) is 0 Å². The van der Waals surface area contributed by atoms with Crippen LogP contribution in [0.15, 0.2) is 54.3 Å². The van der Waals surface area contributed by atoms with E-state index in [2.05, 4.69) is 5.32 Å². The SMILES string of the molecule is CC1(C(=O)c2ccccc2)C=CC=C(NC(N)=S)C1. The molecule has 0 amide bonds. The first-order valence-electron chi connectivity index (χ1n) is 6.06. The summed E-state index contributed by atoms with van der Waals surface area (Å²) in [7, 11) is 0. The zero-order valence-electron chi connectivity index (χ0n) is 10.7. The zero-order chi connectivity index (χ0) is 13.9. The highest BCUT2D eigenvalue weighted by Gasteiger charge is 2.33. The normalized spacial score (nSPS) is 21.6. The molecule has 3 N–H and O–H groups in total. The van der Waals surface area contributed by atoms with Gasteiger partial charge in [-0.05, 0) is 25.2 Å². The van der Waals surface area contributed by atoms with Crippen LogP contribution in [0.2, 0.25) is 0 Å². The van der Waals surface area contributed by atoms with E-state index < -0.39 is 5.41 Å². The van der Waals surface area contributed by atoms with Gasteiger partial charge in [0, 0.05) is 17.7 Å². The molecule has 0 spiro atoms. The van der Waals surface area contributed by atoms with Gasteiger partial charge in [0.2, 0.25) is 0 Å². The molecular weight excluding hydrogens is 256 g/mol. The molecule has 1 aliphatic rings. The van der Waals surface area contributed by atoms with Crippen LogP contribution in [0.1, 0.15) is 23.7 Å². The van der Waals surface area contributed by atoms with E-state index in [1.165, 1.54) is 0 Å². The maximum atomic E-state index is 12.6. The molecule has 2 rings (SSSR count). The van der Waals surface area contributed by atoms with E-state index >= 15 is 0 Å². The highest BCUT2D eigenvalue weighted by molar-refractivity contribution is 7.80. The second-order valence-corrected chi connectivity index (χ2v) is 5.27. The molecular formula is C15H16N2OS.